The SMILES string of the molecule is O=C(O)/C=C/c1ccsc1C(=O)N1CCOC(CO)C1. The Labute approximate surface area is 119 Å². The number of morpholine rings is 1. The zero-order chi connectivity index (χ0) is 14.5. The van der Waals surface area contributed by atoms with Crippen molar-refractivity contribution in [3.05, 3.63) is 28.0 Å². The first-order chi connectivity index (χ1) is 9.61. The van der Waals surface area contributed by atoms with E-state index in [1.807, 2.05) is 0 Å². The van der Waals surface area contributed by atoms with Gasteiger partial charge >= 0.3 is 5.97 Å². The molecule has 108 valence electrons. The number of nitrogens with zero attached hydrogens (tertiary/aromatic N) is 1. The Morgan fingerprint density at radius 1 is 1.55 bits per heavy atom. The lowest BCUT2D eigenvalue weighted by Gasteiger charge is -2.31. The van der Waals surface area contributed by atoms with Crippen LogP contribution < -0.4 is 0 Å². The zero-order valence-corrected chi connectivity index (χ0v) is 11.5. The molecule has 0 radical (unpaired) electrons. The monoisotopic (exact) mass is 297 g/mol. The molecule has 7 heteroatoms. The minimum atomic E-state index is -1.05. The molecule has 0 spiro atoms. The summed E-state index contributed by atoms with van der Waals surface area (Å²) in [5.41, 5.74) is 0.592. The number of carbonyl (C=O) groups excluding carboxylic acids is 1. The average molecular weight is 297 g/mol. The van der Waals surface area contributed by atoms with E-state index >= 15 is 0 Å². The molecule has 20 heavy (non-hydrogen) atoms. The van der Waals surface area contributed by atoms with E-state index in [0.717, 1.165) is 6.08 Å². The van der Waals surface area contributed by atoms with E-state index in [2.05, 4.69) is 0 Å². The molecule has 0 aromatic carbocycles. The minimum absolute atomic E-state index is 0.125. The summed E-state index contributed by atoms with van der Waals surface area (Å²) in [5.74, 6) is -1.21. The van der Waals surface area contributed by atoms with Crippen molar-refractivity contribution < 1.29 is 24.5 Å². The van der Waals surface area contributed by atoms with Crippen molar-refractivity contribution in [1.82, 2.24) is 4.90 Å². The number of amides is 1. The summed E-state index contributed by atoms with van der Waals surface area (Å²) >= 11 is 1.27. The second-order valence-electron chi connectivity index (χ2n) is 4.30. The van der Waals surface area contributed by atoms with Gasteiger partial charge in [-0.15, -0.1) is 11.3 Å². The minimum Gasteiger partial charge on any atom is -0.478 e. The smallest absolute Gasteiger partial charge is 0.328 e. The summed E-state index contributed by atoms with van der Waals surface area (Å²) in [5, 5.41) is 19.5. The summed E-state index contributed by atoms with van der Waals surface area (Å²) in [6.45, 7) is 1.08. The number of ether oxygens (including phenoxy) is 1. The molecule has 0 saturated carbocycles. The van der Waals surface area contributed by atoms with Crippen molar-refractivity contribution in [3.8, 4) is 0 Å². The van der Waals surface area contributed by atoms with Crippen molar-refractivity contribution in [3.63, 3.8) is 0 Å². The van der Waals surface area contributed by atoms with Crippen LogP contribution in [0.3, 0.4) is 0 Å². The summed E-state index contributed by atoms with van der Waals surface area (Å²) in [6, 6.07) is 1.71. The van der Waals surface area contributed by atoms with Gasteiger partial charge in [0.05, 0.1) is 24.2 Å². The maximum atomic E-state index is 12.4. The fourth-order valence-electron chi connectivity index (χ4n) is 1.94. The molecule has 2 N–H and O–H groups in total. The van der Waals surface area contributed by atoms with Crippen LogP contribution in [0.5, 0.6) is 0 Å². The molecule has 2 heterocycles. The van der Waals surface area contributed by atoms with Gasteiger partial charge in [-0.1, -0.05) is 0 Å². The lowest BCUT2D eigenvalue weighted by atomic mass is 10.2. The van der Waals surface area contributed by atoms with Crippen LogP contribution >= 0.6 is 11.3 Å². The van der Waals surface area contributed by atoms with E-state index in [1.54, 1.807) is 16.3 Å². The van der Waals surface area contributed by atoms with E-state index in [0.29, 0.717) is 30.1 Å². The van der Waals surface area contributed by atoms with Gasteiger partial charge in [0.15, 0.2) is 0 Å². The van der Waals surface area contributed by atoms with Gasteiger partial charge < -0.3 is 19.8 Å². The van der Waals surface area contributed by atoms with Gasteiger partial charge in [-0.05, 0) is 23.1 Å². The van der Waals surface area contributed by atoms with Gasteiger partial charge in [0.2, 0.25) is 0 Å². The Morgan fingerprint density at radius 2 is 2.35 bits per heavy atom. The van der Waals surface area contributed by atoms with Gasteiger partial charge in [-0.2, -0.15) is 0 Å². The second kappa shape index (κ2) is 6.65. The molecule has 1 aliphatic heterocycles. The normalized spacial score (nSPS) is 19.4. The van der Waals surface area contributed by atoms with Crippen LogP contribution in [0.25, 0.3) is 6.08 Å². The second-order valence-corrected chi connectivity index (χ2v) is 5.22. The number of hydrogen-bond donors (Lipinski definition) is 2. The first kappa shape index (κ1) is 14.7. The highest BCUT2D eigenvalue weighted by atomic mass is 32.1. The molecule has 1 fully saturated rings. The van der Waals surface area contributed by atoms with Crippen molar-refractivity contribution in [2.45, 2.75) is 6.10 Å². The van der Waals surface area contributed by atoms with Crippen molar-refractivity contribution >= 4 is 29.3 Å². The largest absolute Gasteiger partial charge is 0.478 e. The number of carbonyl (C=O) groups is 2. The molecule has 0 aliphatic carbocycles. The maximum absolute atomic E-state index is 12.4. The highest BCUT2D eigenvalue weighted by Gasteiger charge is 2.26. The number of aliphatic hydroxyl groups is 1. The van der Waals surface area contributed by atoms with Crippen LogP contribution in [0.15, 0.2) is 17.5 Å². The van der Waals surface area contributed by atoms with E-state index in [9.17, 15) is 9.59 Å². The van der Waals surface area contributed by atoms with Crippen LogP contribution in [0.1, 0.15) is 15.2 Å². The Balaban J connectivity index is 2.13. The third-order valence-corrected chi connectivity index (χ3v) is 3.84. The fourth-order valence-corrected chi connectivity index (χ4v) is 2.80. The maximum Gasteiger partial charge on any atom is 0.328 e. The lowest BCUT2D eigenvalue weighted by Crippen LogP contribution is -2.46. The summed E-state index contributed by atoms with van der Waals surface area (Å²) < 4.78 is 5.30. The third-order valence-electron chi connectivity index (χ3n) is 2.93. The molecular weight excluding hydrogens is 282 g/mol. The number of carboxylic acid groups (broad SMARTS) is 1. The Kier molecular flexibility index (Phi) is 4.89. The summed E-state index contributed by atoms with van der Waals surface area (Å²) in [4.78, 5) is 25.1. The number of hydrogen-bond acceptors (Lipinski definition) is 5. The van der Waals surface area contributed by atoms with Gasteiger partial charge in [0.25, 0.3) is 5.91 Å². The topological polar surface area (TPSA) is 87.1 Å². The zero-order valence-electron chi connectivity index (χ0n) is 10.7. The number of rotatable bonds is 4. The molecule has 1 atom stereocenters. The number of thiophene rings is 1. The van der Waals surface area contributed by atoms with E-state index in [-0.39, 0.29) is 18.6 Å². The highest BCUT2D eigenvalue weighted by molar-refractivity contribution is 7.12. The summed E-state index contributed by atoms with van der Waals surface area (Å²) in [7, 11) is 0. The Morgan fingerprint density at radius 3 is 3.05 bits per heavy atom. The number of carboxylic acids is 1. The molecule has 1 unspecified atom stereocenters. The van der Waals surface area contributed by atoms with E-state index in [1.165, 1.54) is 17.4 Å². The van der Waals surface area contributed by atoms with E-state index < -0.39 is 5.97 Å². The average Bonchev–Trinajstić information content (AvgIpc) is 2.92. The first-order valence-corrected chi connectivity index (χ1v) is 7.00. The number of aliphatic carboxylic acids is 1. The standard InChI is InChI=1S/C13H15NO5S/c15-8-10-7-14(4-5-19-10)13(18)12-9(3-6-20-12)1-2-11(16)17/h1-3,6,10,15H,4-5,7-8H2,(H,16,17)/b2-1+. The predicted molar refractivity (Wildman–Crippen MR) is 73.7 cm³/mol. The van der Waals surface area contributed by atoms with Gasteiger partial charge in [-0.3, -0.25) is 4.79 Å². The molecular formula is C13H15NO5S. The van der Waals surface area contributed by atoms with Crippen LogP contribution in [-0.4, -0.2) is 59.4 Å². The van der Waals surface area contributed by atoms with Crippen LogP contribution in [0, 0.1) is 0 Å². The number of aliphatic hydroxyl groups excluding tert-OH is 1. The molecule has 1 aromatic rings. The quantitative estimate of drug-likeness (QED) is 0.798. The summed E-state index contributed by atoms with van der Waals surface area (Å²) in [6.07, 6.45) is 2.07. The predicted octanol–water partition coefficient (Wildman–Crippen LogP) is 0.679. The van der Waals surface area contributed by atoms with Crippen LogP contribution in [0.4, 0.5) is 0 Å². The molecule has 1 amide bonds. The fraction of sp³-hybridized carbons (Fsp3) is 0.385. The Bertz CT molecular complexity index is 525. The van der Waals surface area contributed by atoms with Crippen molar-refractivity contribution in [2.75, 3.05) is 26.3 Å². The van der Waals surface area contributed by atoms with Gasteiger partial charge in [0.1, 0.15) is 0 Å². The van der Waals surface area contributed by atoms with Gasteiger partial charge in [0, 0.05) is 19.2 Å². The van der Waals surface area contributed by atoms with Crippen molar-refractivity contribution in [1.29, 1.82) is 0 Å². The highest BCUT2D eigenvalue weighted by Crippen LogP contribution is 2.21. The van der Waals surface area contributed by atoms with Crippen molar-refractivity contribution in [2.24, 2.45) is 0 Å². The van der Waals surface area contributed by atoms with Crippen LogP contribution in [0.2, 0.25) is 0 Å². The van der Waals surface area contributed by atoms with E-state index in [4.69, 9.17) is 14.9 Å². The molecule has 0 bridgehead atoms. The Hall–Kier alpha value is -1.70. The lowest BCUT2D eigenvalue weighted by molar-refractivity contribution is -0.131. The van der Waals surface area contributed by atoms with Crippen LogP contribution in [-0.2, 0) is 9.53 Å². The molecule has 6 nitrogen and oxygen atoms in total. The molecule has 2 rings (SSSR count). The molecule has 1 aliphatic rings. The first-order valence-electron chi connectivity index (χ1n) is 6.12. The van der Waals surface area contributed by atoms with Gasteiger partial charge in [-0.25, -0.2) is 4.79 Å². The molecule has 1 saturated heterocycles. The molecule has 1 aromatic heterocycles. The third kappa shape index (κ3) is 3.44.